The Bertz CT molecular complexity index is 1670. The average molecular weight is 641 g/mol. The summed E-state index contributed by atoms with van der Waals surface area (Å²) in [5.41, 5.74) is 2.41. The number of hydrogen-bond donors (Lipinski definition) is 0. The highest BCUT2D eigenvalue weighted by molar-refractivity contribution is 5.95. The van der Waals surface area contributed by atoms with Gasteiger partial charge in [-0.1, -0.05) is 68.0 Å². The Kier molecular flexibility index (Phi) is 10.1. The zero-order valence-corrected chi connectivity index (χ0v) is 27.1. The molecule has 8 nitrogen and oxygen atoms in total. The van der Waals surface area contributed by atoms with E-state index in [9.17, 15) is 0 Å². The number of epoxide rings is 4. The molecule has 0 N–H and O–H groups in total. The van der Waals surface area contributed by atoms with Gasteiger partial charge in [0.2, 0.25) is 0 Å². The Hall–Kier alpha value is -3.82. The summed E-state index contributed by atoms with van der Waals surface area (Å²) in [5.74, 6) is 3.67. The first-order valence-corrected chi connectivity index (χ1v) is 16.9. The molecule has 4 unspecified atom stereocenters. The van der Waals surface area contributed by atoms with Gasteiger partial charge in [0.05, 0.1) is 26.4 Å². The van der Waals surface area contributed by atoms with Crippen molar-refractivity contribution in [2.75, 3.05) is 52.9 Å². The van der Waals surface area contributed by atoms with Crippen LogP contribution in [0.15, 0.2) is 73.3 Å². The molecule has 4 saturated heterocycles. The number of ether oxygens (including phenoxy) is 8. The predicted octanol–water partition coefficient (Wildman–Crippen LogP) is 6.86. The number of allylic oxidation sites excluding steroid dienone is 1. The van der Waals surface area contributed by atoms with Crippen LogP contribution in [-0.2, 0) is 31.8 Å². The van der Waals surface area contributed by atoms with Crippen molar-refractivity contribution in [2.45, 2.75) is 57.0 Å². The average Bonchev–Trinajstić information content (AvgIpc) is 3.90. The third kappa shape index (κ3) is 8.56. The van der Waals surface area contributed by atoms with Crippen LogP contribution >= 0.6 is 0 Å². The van der Waals surface area contributed by atoms with Gasteiger partial charge in [-0.05, 0) is 42.5 Å². The Morgan fingerprint density at radius 2 is 1.04 bits per heavy atom. The molecular weight excluding hydrogens is 596 g/mol. The summed E-state index contributed by atoms with van der Waals surface area (Å²) in [6.45, 7) is 11.7. The number of fused-ring (bicyclic) bond motifs is 2. The van der Waals surface area contributed by atoms with Gasteiger partial charge in [0.25, 0.3) is 0 Å². The van der Waals surface area contributed by atoms with E-state index in [1.54, 1.807) is 0 Å². The second-order valence-corrected chi connectivity index (χ2v) is 12.5. The third-order valence-electron chi connectivity index (χ3n) is 8.56. The fourth-order valence-corrected chi connectivity index (χ4v) is 5.54. The first-order valence-electron chi connectivity index (χ1n) is 16.9. The minimum Gasteiger partial charge on any atom is -0.490 e. The van der Waals surface area contributed by atoms with E-state index in [0.29, 0.717) is 26.4 Å². The molecule has 0 amide bonds. The predicted molar refractivity (Wildman–Crippen MR) is 181 cm³/mol. The highest BCUT2D eigenvalue weighted by Gasteiger charge is 2.27. The first kappa shape index (κ1) is 31.8. The largest absolute Gasteiger partial charge is 0.490 e. The van der Waals surface area contributed by atoms with Crippen LogP contribution in [0.25, 0.3) is 21.5 Å². The molecule has 4 aromatic carbocycles. The summed E-state index contributed by atoms with van der Waals surface area (Å²) >= 11 is 0. The number of rotatable bonds is 17. The Morgan fingerprint density at radius 3 is 1.49 bits per heavy atom. The van der Waals surface area contributed by atoms with E-state index in [0.717, 1.165) is 95.8 Å². The van der Waals surface area contributed by atoms with E-state index in [-0.39, 0.29) is 24.4 Å². The molecule has 4 atom stereocenters. The fraction of sp³-hybridized carbons (Fsp3) is 0.436. The van der Waals surface area contributed by atoms with Crippen molar-refractivity contribution in [3.05, 3.63) is 84.4 Å². The summed E-state index contributed by atoms with van der Waals surface area (Å²) in [6, 6.07) is 20.8. The standard InChI is InChI=1S/C20H24O4.C19H20O4/c1-2-3-5-14-8-9-17-18(20(14)24-13-16-11-22-16)6-4-7-19(17)23-12-15-10-21-15;1-2-4-13-7-8-16-17(19(13)23-12-15-10-21-15)5-3-6-18(16)22-11-14-9-20-14/h4,6-9,15-16H,2-3,5,10-13H2,1H3;2-3,5-8,14-15H,1,4,9-12H2. The topological polar surface area (TPSA) is 87.0 Å². The van der Waals surface area contributed by atoms with Crippen LogP contribution in [0.3, 0.4) is 0 Å². The van der Waals surface area contributed by atoms with E-state index >= 15 is 0 Å². The molecule has 4 aliphatic heterocycles. The van der Waals surface area contributed by atoms with Crippen molar-refractivity contribution in [2.24, 2.45) is 0 Å². The second kappa shape index (κ2) is 14.9. The summed E-state index contributed by atoms with van der Waals surface area (Å²) in [4.78, 5) is 0. The minimum atomic E-state index is 0.230. The van der Waals surface area contributed by atoms with Gasteiger partial charge in [0, 0.05) is 21.5 Å². The Balaban J connectivity index is 0.000000150. The van der Waals surface area contributed by atoms with Crippen molar-refractivity contribution in [3.63, 3.8) is 0 Å². The lowest BCUT2D eigenvalue weighted by Crippen LogP contribution is -2.07. The van der Waals surface area contributed by atoms with E-state index < -0.39 is 0 Å². The smallest absolute Gasteiger partial charge is 0.130 e. The van der Waals surface area contributed by atoms with E-state index in [1.165, 1.54) is 12.0 Å². The van der Waals surface area contributed by atoms with Crippen LogP contribution < -0.4 is 18.9 Å². The van der Waals surface area contributed by atoms with Gasteiger partial charge in [0.15, 0.2) is 0 Å². The maximum Gasteiger partial charge on any atom is 0.130 e. The molecule has 47 heavy (non-hydrogen) atoms. The zero-order chi connectivity index (χ0) is 32.0. The SMILES string of the molecule is C=CCc1ccc2c(OCC3CO3)cccc2c1OCC1CO1.CCCCc1ccc2c(OCC3CO3)cccc2c1OCC1CO1. The van der Waals surface area contributed by atoms with E-state index in [1.807, 2.05) is 30.3 Å². The lowest BCUT2D eigenvalue weighted by atomic mass is 10.0. The van der Waals surface area contributed by atoms with Crippen LogP contribution in [-0.4, -0.2) is 77.3 Å². The van der Waals surface area contributed by atoms with Gasteiger partial charge in [-0.15, -0.1) is 6.58 Å². The lowest BCUT2D eigenvalue weighted by Gasteiger charge is -2.16. The van der Waals surface area contributed by atoms with Gasteiger partial charge >= 0.3 is 0 Å². The van der Waals surface area contributed by atoms with Crippen molar-refractivity contribution >= 4 is 21.5 Å². The molecule has 4 heterocycles. The van der Waals surface area contributed by atoms with Crippen molar-refractivity contribution in [1.29, 1.82) is 0 Å². The van der Waals surface area contributed by atoms with E-state index in [2.05, 4.69) is 49.9 Å². The maximum atomic E-state index is 6.16. The summed E-state index contributed by atoms with van der Waals surface area (Å²) in [7, 11) is 0. The third-order valence-corrected chi connectivity index (χ3v) is 8.56. The molecule has 0 radical (unpaired) electrons. The zero-order valence-electron chi connectivity index (χ0n) is 27.1. The normalized spacial score (nSPS) is 21.8. The molecule has 4 fully saturated rings. The molecule has 248 valence electrons. The van der Waals surface area contributed by atoms with Gasteiger partial charge in [0.1, 0.15) is 73.8 Å². The summed E-state index contributed by atoms with van der Waals surface area (Å²) in [5, 5.41) is 4.36. The lowest BCUT2D eigenvalue weighted by molar-refractivity contribution is 0.262. The fourth-order valence-electron chi connectivity index (χ4n) is 5.54. The molecule has 0 aromatic heterocycles. The number of benzene rings is 4. The summed E-state index contributed by atoms with van der Waals surface area (Å²) < 4.78 is 45.1. The molecule has 4 aliphatic rings. The molecule has 4 aromatic rings. The highest BCUT2D eigenvalue weighted by Crippen LogP contribution is 2.38. The van der Waals surface area contributed by atoms with Gasteiger partial charge in [-0.3, -0.25) is 0 Å². The number of aryl methyl sites for hydroxylation is 1. The van der Waals surface area contributed by atoms with Gasteiger partial charge in [-0.2, -0.15) is 0 Å². The molecule has 8 heteroatoms. The van der Waals surface area contributed by atoms with Crippen LogP contribution in [0.1, 0.15) is 30.9 Å². The van der Waals surface area contributed by atoms with Gasteiger partial charge < -0.3 is 37.9 Å². The number of hydrogen-bond acceptors (Lipinski definition) is 8. The second-order valence-electron chi connectivity index (χ2n) is 12.5. The Labute approximate surface area is 276 Å². The molecule has 0 aliphatic carbocycles. The summed E-state index contributed by atoms with van der Waals surface area (Å²) in [6.07, 6.45) is 7.03. The monoisotopic (exact) mass is 640 g/mol. The minimum absolute atomic E-state index is 0.230. The molecule has 0 bridgehead atoms. The van der Waals surface area contributed by atoms with Crippen LogP contribution in [0.4, 0.5) is 0 Å². The molecule has 8 rings (SSSR count). The molecule has 0 saturated carbocycles. The Morgan fingerprint density at radius 1 is 0.596 bits per heavy atom. The van der Waals surface area contributed by atoms with Crippen LogP contribution in [0, 0.1) is 0 Å². The highest BCUT2D eigenvalue weighted by atomic mass is 16.6. The van der Waals surface area contributed by atoms with Crippen molar-refractivity contribution in [1.82, 2.24) is 0 Å². The van der Waals surface area contributed by atoms with Crippen LogP contribution in [0.2, 0.25) is 0 Å². The van der Waals surface area contributed by atoms with E-state index in [4.69, 9.17) is 37.9 Å². The van der Waals surface area contributed by atoms with Crippen molar-refractivity contribution in [3.8, 4) is 23.0 Å². The number of unbranched alkanes of at least 4 members (excludes halogenated alkanes) is 1. The first-order chi connectivity index (χ1) is 23.2. The van der Waals surface area contributed by atoms with Crippen LogP contribution in [0.5, 0.6) is 23.0 Å². The van der Waals surface area contributed by atoms with Gasteiger partial charge in [-0.25, -0.2) is 0 Å². The maximum absolute atomic E-state index is 6.16. The molecular formula is C39H44O8. The van der Waals surface area contributed by atoms with Crippen molar-refractivity contribution < 1.29 is 37.9 Å². The quantitative estimate of drug-likeness (QED) is 0.0914. The molecule has 0 spiro atoms.